The van der Waals surface area contributed by atoms with Crippen molar-refractivity contribution >= 4 is 11.9 Å². The second-order valence-corrected chi connectivity index (χ2v) is 5.57. The van der Waals surface area contributed by atoms with Crippen LogP contribution in [0.3, 0.4) is 0 Å². The van der Waals surface area contributed by atoms with Crippen LogP contribution < -0.4 is 0 Å². The van der Waals surface area contributed by atoms with Gasteiger partial charge in [-0.3, -0.25) is 4.99 Å². The maximum absolute atomic E-state index is 4.40. The van der Waals surface area contributed by atoms with Gasteiger partial charge < -0.3 is 0 Å². The molecule has 0 amide bonds. The van der Waals surface area contributed by atoms with E-state index in [-0.39, 0.29) is 0 Å². The first-order chi connectivity index (χ1) is 10.1. The number of nitrogens with zero attached hydrogens (tertiary/aromatic N) is 1. The van der Waals surface area contributed by atoms with Crippen molar-refractivity contribution in [3.05, 3.63) is 65.8 Å². The monoisotopic (exact) mass is 281 g/mol. The lowest BCUT2D eigenvalue weighted by Gasteiger charge is -2.02. The molecule has 0 heterocycles. The lowest BCUT2D eigenvalue weighted by molar-refractivity contribution is 0.663. The molecule has 0 saturated heterocycles. The minimum atomic E-state index is 0.715. The molecule has 0 fully saturated rings. The highest BCUT2D eigenvalue weighted by molar-refractivity contribution is 5.75. The molecule has 0 saturated carbocycles. The molecule has 0 atom stereocenters. The Kier molecular flexibility index (Phi) is 8.11. The molecule has 0 radical (unpaired) electrons. The van der Waals surface area contributed by atoms with Gasteiger partial charge in [0.05, 0.1) is 5.69 Å². The third kappa shape index (κ3) is 7.45. The number of benzene rings is 1. The van der Waals surface area contributed by atoms with Gasteiger partial charge in [0.1, 0.15) is 0 Å². The third-order valence-corrected chi connectivity index (χ3v) is 3.23. The largest absolute Gasteiger partial charge is 0.257 e. The fourth-order valence-corrected chi connectivity index (χ4v) is 1.95. The van der Waals surface area contributed by atoms with Crippen LogP contribution in [0.4, 0.5) is 5.69 Å². The number of para-hydroxylation sites is 1. The van der Waals surface area contributed by atoms with Gasteiger partial charge in [-0.2, -0.15) is 0 Å². The van der Waals surface area contributed by atoms with E-state index in [0.29, 0.717) is 5.92 Å². The number of hydrogen-bond acceptors (Lipinski definition) is 1. The van der Waals surface area contributed by atoms with Crippen LogP contribution in [-0.2, 0) is 0 Å². The second-order valence-electron chi connectivity index (χ2n) is 5.57. The summed E-state index contributed by atoms with van der Waals surface area (Å²) in [6.07, 6.45) is 12.7. The normalized spacial score (nSPS) is 13.8. The second kappa shape index (κ2) is 9.93. The molecule has 0 spiro atoms. The number of allylic oxidation sites excluding steroid dienone is 6. The lowest BCUT2D eigenvalue weighted by Crippen LogP contribution is -1.84. The zero-order chi connectivity index (χ0) is 15.5. The molecule has 1 aromatic carbocycles. The van der Waals surface area contributed by atoms with E-state index in [0.717, 1.165) is 18.5 Å². The molecule has 0 bridgehead atoms. The quantitative estimate of drug-likeness (QED) is 0.412. The average molecular weight is 281 g/mol. The van der Waals surface area contributed by atoms with E-state index in [4.69, 9.17) is 0 Å². The van der Waals surface area contributed by atoms with Crippen molar-refractivity contribution in [3.63, 3.8) is 0 Å². The number of aliphatic imine (C=N–C) groups is 1. The zero-order valence-electron chi connectivity index (χ0n) is 13.7. The van der Waals surface area contributed by atoms with Gasteiger partial charge in [-0.15, -0.1) is 0 Å². The van der Waals surface area contributed by atoms with E-state index < -0.39 is 0 Å². The van der Waals surface area contributed by atoms with E-state index in [1.54, 1.807) is 0 Å². The van der Waals surface area contributed by atoms with Crippen molar-refractivity contribution in [2.45, 2.75) is 40.5 Å². The molecule has 112 valence electrons. The molecule has 0 N–H and O–H groups in total. The van der Waals surface area contributed by atoms with E-state index in [9.17, 15) is 0 Å². The molecule has 21 heavy (non-hydrogen) atoms. The van der Waals surface area contributed by atoms with Crippen LogP contribution in [-0.4, -0.2) is 6.21 Å². The van der Waals surface area contributed by atoms with Crippen LogP contribution in [0.5, 0.6) is 0 Å². The van der Waals surface area contributed by atoms with Crippen LogP contribution >= 0.6 is 0 Å². The molecule has 1 nitrogen and oxygen atoms in total. The SMILES string of the molecule is CCC(C=CC=Nc1ccccc1)=C(C)C=CCC(C)C. The van der Waals surface area contributed by atoms with Crippen LogP contribution in [0.1, 0.15) is 40.5 Å². The Hall–Kier alpha value is -1.89. The van der Waals surface area contributed by atoms with Gasteiger partial charge in [-0.1, -0.05) is 57.2 Å². The summed E-state index contributed by atoms with van der Waals surface area (Å²) in [5, 5.41) is 0. The first-order valence-electron chi connectivity index (χ1n) is 7.75. The standard InChI is InChI=1S/C20H27N/c1-5-19(18(4)12-9-11-17(2)3)13-10-16-21-20-14-7-6-8-15-20/h6-10,12-17H,5,11H2,1-4H3. The van der Waals surface area contributed by atoms with Crippen LogP contribution in [0, 0.1) is 5.92 Å². The molecular formula is C20H27N. The summed E-state index contributed by atoms with van der Waals surface area (Å²) >= 11 is 0. The highest BCUT2D eigenvalue weighted by Crippen LogP contribution is 2.13. The summed E-state index contributed by atoms with van der Waals surface area (Å²) in [7, 11) is 0. The van der Waals surface area contributed by atoms with Crippen molar-refractivity contribution < 1.29 is 0 Å². The van der Waals surface area contributed by atoms with E-state index in [1.807, 2.05) is 42.6 Å². The molecule has 0 aromatic heterocycles. The first-order valence-corrected chi connectivity index (χ1v) is 7.75. The molecule has 0 aliphatic heterocycles. The highest BCUT2D eigenvalue weighted by Gasteiger charge is 1.93. The van der Waals surface area contributed by atoms with Crippen LogP contribution in [0.15, 0.2) is 70.8 Å². The van der Waals surface area contributed by atoms with Crippen molar-refractivity contribution in [1.29, 1.82) is 0 Å². The average Bonchev–Trinajstić information content (AvgIpc) is 2.48. The number of rotatable bonds is 7. The first kappa shape index (κ1) is 17.2. The summed E-state index contributed by atoms with van der Waals surface area (Å²) in [6.45, 7) is 8.84. The molecular weight excluding hydrogens is 254 g/mol. The van der Waals surface area contributed by atoms with Gasteiger partial charge in [0.15, 0.2) is 0 Å². The van der Waals surface area contributed by atoms with E-state index in [2.05, 4.69) is 50.9 Å². The minimum absolute atomic E-state index is 0.715. The molecule has 1 rings (SSSR count). The van der Waals surface area contributed by atoms with Gasteiger partial charge in [0.2, 0.25) is 0 Å². The molecule has 1 aromatic rings. The Morgan fingerprint density at radius 3 is 2.48 bits per heavy atom. The fraction of sp³-hybridized carbons (Fsp3) is 0.350. The predicted octanol–water partition coefficient (Wildman–Crippen LogP) is 6.27. The summed E-state index contributed by atoms with van der Waals surface area (Å²) < 4.78 is 0. The zero-order valence-corrected chi connectivity index (χ0v) is 13.7. The van der Waals surface area contributed by atoms with Gasteiger partial charge in [-0.25, -0.2) is 0 Å². The fourth-order valence-electron chi connectivity index (χ4n) is 1.95. The third-order valence-electron chi connectivity index (χ3n) is 3.23. The Morgan fingerprint density at radius 2 is 1.86 bits per heavy atom. The number of hydrogen-bond donors (Lipinski definition) is 0. The van der Waals surface area contributed by atoms with Crippen LogP contribution in [0.25, 0.3) is 0 Å². The lowest BCUT2D eigenvalue weighted by atomic mass is 10.0. The van der Waals surface area contributed by atoms with Crippen LogP contribution in [0.2, 0.25) is 0 Å². The van der Waals surface area contributed by atoms with E-state index >= 15 is 0 Å². The van der Waals surface area contributed by atoms with Crippen molar-refractivity contribution in [3.8, 4) is 0 Å². The van der Waals surface area contributed by atoms with Gasteiger partial charge in [0.25, 0.3) is 0 Å². The van der Waals surface area contributed by atoms with Crippen molar-refractivity contribution in [1.82, 2.24) is 0 Å². The topological polar surface area (TPSA) is 12.4 Å². The minimum Gasteiger partial charge on any atom is -0.257 e. The molecule has 1 heteroatoms. The summed E-state index contributed by atoms with van der Waals surface area (Å²) in [5.41, 5.74) is 3.68. The summed E-state index contributed by atoms with van der Waals surface area (Å²) in [4.78, 5) is 4.40. The Labute approximate surface area is 129 Å². The Balaban J connectivity index is 2.66. The van der Waals surface area contributed by atoms with Gasteiger partial charge in [-0.05, 0) is 55.0 Å². The molecule has 0 unspecified atom stereocenters. The maximum Gasteiger partial charge on any atom is 0.0629 e. The highest BCUT2D eigenvalue weighted by atomic mass is 14.7. The van der Waals surface area contributed by atoms with E-state index in [1.165, 1.54) is 11.1 Å². The van der Waals surface area contributed by atoms with Gasteiger partial charge >= 0.3 is 0 Å². The van der Waals surface area contributed by atoms with Crippen molar-refractivity contribution in [2.24, 2.45) is 10.9 Å². The summed E-state index contributed by atoms with van der Waals surface area (Å²) in [5.74, 6) is 0.715. The van der Waals surface area contributed by atoms with Gasteiger partial charge in [0, 0.05) is 6.21 Å². The smallest absolute Gasteiger partial charge is 0.0629 e. The predicted molar refractivity (Wildman–Crippen MR) is 95.3 cm³/mol. The molecule has 0 aliphatic carbocycles. The Bertz CT molecular complexity index is 516. The maximum atomic E-state index is 4.40. The summed E-state index contributed by atoms with van der Waals surface area (Å²) in [6, 6.07) is 10.00. The van der Waals surface area contributed by atoms with Crippen molar-refractivity contribution in [2.75, 3.05) is 0 Å². The Morgan fingerprint density at radius 1 is 1.14 bits per heavy atom. The molecule has 0 aliphatic rings.